The van der Waals surface area contributed by atoms with Gasteiger partial charge in [-0.2, -0.15) is 16.9 Å². The third-order valence-corrected chi connectivity index (χ3v) is 11.7. The molecule has 2 amide bonds. The highest BCUT2D eigenvalue weighted by Crippen LogP contribution is 2.43. The molecule has 1 unspecified atom stereocenters. The molecule has 0 spiro atoms. The van der Waals surface area contributed by atoms with Gasteiger partial charge in [-0.15, -0.1) is 15.3 Å². The highest BCUT2D eigenvalue weighted by Gasteiger charge is 2.42. The Balaban J connectivity index is 0.865. The number of azo groups is 2. The van der Waals surface area contributed by atoms with Crippen molar-refractivity contribution in [1.29, 1.82) is 0 Å². The lowest BCUT2D eigenvalue weighted by molar-refractivity contribution is -0.143. The topological polar surface area (TPSA) is 141 Å². The van der Waals surface area contributed by atoms with E-state index < -0.39 is 5.66 Å². The van der Waals surface area contributed by atoms with Crippen LogP contribution in [-0.4, -0.2) is 47.4 Å². The number of carbonyl (C=O) groups excluding carboxylic acids is 2. The van der Waals surface area contributed by atoms with Gasteiger partial charge in [0.1, 0.15) is 5.66 Å². The zero-order chi connectivity index (χ0) is 36.2. The number of amides is 2. The normalized spacial score (nSPS) is 21.8. The SMILES string of the molecule is CC1(CCCOC(=O)CCCC[C@H]2SC[C@H]3NC(=O)N[C@H]32)Nc2cccc3c(/N=N/c4ccc(/N=N/c5ccccc5)c5ccccc45)ccc(c23)N1. The molecule has 0 saturated carbocycles. The molecule has 53 heavy (non-hydrogen) atoms. The molecule has 2 fully saturated rings. The van der Waals surface area contributed by atoms with Gasteiger partial charge in [-0.25, -0.2) is 4.79 Å². The number of thioether (sulfide) groups is 1. The van der Waals surface area contributed by atoms with E-state index in [2.05, 4.69) is 56.6 Å². The zero-order valence-electron chi connectivity index (χ0n) is 29.5. The van der Waals surface area contributed by atoms with Gasteiger partial charge in [-0.1, -0.05) is 61.0 Å². The summed E-state index contributed by atoms with van der Waals surface area (Å²) in [4.78, 5) is 24.1. The third kappa shape index (κ3) is 7.68. The van der Waals surface area contributed by atoms with Gasteiger partial charge in [-0.05, 0) is 75.1 Å². The molecule has 0 aromatic heterocycles. The van der Waals surface area contributed by atoms with Gasteiger partial charge in [-0.3, -0.25) is 4.79 Å². The number of nitrogens with one attached hydrogen (secondary N) is 4. The maximum absolute atomic E-state index is 12.5. The van der Waals surface area contributed by atoms with Crippen LogP contribution >= 0.6 is 11.8 Å². The van der Waals surface area contributed by atoms with Crippen molar-refractivity contribution in [3.63, 3.8) is 0 Å². The second-order valence-electron chi connectivity index (χ2n) is 14.0. The molecular weight excluding hydrogens is 685 g/mol. The van der Waals surface area contributed by atoms with E-state index in [9.17, 15) is 9.59 Å². The maximum atomic E-state index is 12.5. The van der Waals surface area contributed by atoms with Crippen LogP contribution in [0.15, 0.2) is 118 Å². The first-order chi connectivity index (χ1) is 25.9. The quantitative estimate of drug-likeness (QED) is 0.0412. The number of nitrogens with zero attached hydrogens (tertiary/aromatic N) is 4. The van der Waals surface area contributed by atoms with E-state index in [0.29, 0.717) is 24.7 Å². The van der Waals surface area contributed by atoms with Gasteiger partial charge in [0.2, 0.25) is 0 Å². The predicted octanol–water partition coefficient (Wildman–Crippen LogP) is 10.4. The monoisotopic (exact) mass is 726 g/mol. The maximum Gasteiger partial charge on any atom is 0.315 e. The van der Waals surface area contributed by atoms with Crippen molar-refractivity contribution in [2.45, 2.75) is 68.4 Å². The molecule has 0 bridgehead atoms. The van der Waals surface area contributed by atoms with Gasteiger partial charge in [0.15, 0.2) is 0 Å². The van der Waals surface area contributed by atoms with Gasteiger partial charge < -0.3 is 26.0 Å². The molecule has 2 saturated heterocycles. The van der Waals surface area contributed by atoms with Gasteiger partial charge in [0.25, 0.3) is 0 Å². The van der Waals surface area contributed by atoms with Crippen molar-refractivity contribution in [2.75, 3.05) is 23.0 Å². The molecule has 8 rings (SSSR count). The molecule has 0 aliphatic carbocycles. The molecule has 4 N–H and O–H groups in total. The van der Waals surface area contributed by atoms with Crippen molar-refractivity contribution in [2.24, 2.45) is 20.5 Å². The van der Waals surface area contributed by atoms with Crippen molar-refractivity contribution in [3.8, 4) is 0 Å². The summed E-state index contributed by atoms with van der Waals surface area (Å²) in [5, 5.41) is 36.2. The second-order valence-corrected chi connectivity index (χ2v) is 15.3. The number of hydrogen-bond donors (Lipinski definition) is 4. The van der Waals surface area contributed by atoms with Crippen LogP contribution in [0.5, 0.6) is 0 Å². The molecule has 5 aromatic rings. The zero-order valence-corrected chi connectivity index (χ0v) is 30.4. The third-order valence-electron chi connectivity index (χ3n) is 10.2. The Kier molecular flexibility index (Phi) is 9.94. The van der Waals surface area contributed by atoms with Crippen LogP contribution in [0.3, 0.4) is 0 Å². The number of ether oxygens (including phenoxy) is 1. The van der Waals surface area contributed by atoms with Gasteiger partial charge in [0, 0.05) is 50.3 Å². The lowest BCUT2D eigenvalue weighted by Crippen LogP contribution is -2.45. The van der Waals surface area contributed by atoms with Crippen LogP contribution in [0.2, 0.25) is 0 Å². The number of hydrogen-bond acceptors (Lipinski definition) is 10. The Morgan fingerprint density at radius 1 is 0.755 bits per heavy atom. The fourth-order valence-corrected chi connectivity index (χ4v) is 9.08. The Morgan fingerprint density at radius 2 is 1.42 bits per heavy atom. The van der Waals surface area contributed by atoms with E-state index in [0.717, 1.165) is 87.1 Å². The molecule has 3 aliphatic rings. The molecule has 3 heterocycles. The minimum Gasteiger partial charge on any atom is -0.466 e. The largest absolute Gasteiger partial charge is 0.466 e. The van der Waals surface area contributed by atoms with Crippen LogP contribution in [0, 0.1) is 0 Å². The summed E-state index contributed by atoms with van der Waals surface area (Å²) in [6.07, 6.45) is 4.62. The standard InChI is InChI=1S/C41H42N8O3S/c1-41(23-10-24-52-37(50)18-8-7-17-36-39-35(25-53-36)42-40(51)43-39)44-33-16-9-15-29-32(21-22-34(45-41)38(29)33)49-48-31-20-19-30(27-13-5-6-14-28(27)31)47-46-26-11-3-2-4-12-26/h2-6,9,11-16,19-22,35-36,39,44-45H,7-8,10,17-18,23-25H2,1H3,(H2,42,43,51)/b47-46+,49-48+/t35-,36-,39-,41?/m1/s1. The van der Waals surface area contributed by atoms with E-state index in [1.54, 1.807) is 0 Å². The van der Waals surface area contributed by atoms with Crippen LogP contribution in [0.25, 0.3) is 21.5 Å². The molecule has 0 radical (unpaired) electrons. The Bertz CT molecular complexity index is 2200. The van der Waals surface area contributed by atoms with E-state index in [1.165, 1.54) is 0 Å². The molecule has 270 valence electrons. The minimum absolute atomic E-state index is 0.0630. The van der Waals surface area contributed by atoms with Gasteiger partial charge in [0.05, 0.1) is 41.4 Å². The van der Waals surface area contributed by atoms with Crippen LogP contribution < -0.4 is 21.3 Å². The second kappa shape index (κ2) is 15.2. The van der Waals surface area contributed by atoms with Crippen molar-refractivity contribution < 1.29 is 14.3 Å². The van der Waals surface area contributed by atoms with Crippen LogP contribution in [-0.2, 0) is 9.53 Å². The van der Waals surface area contributed by atoms with Crippen molar-refractivity contribution >= 4 is 79.4 Å². The summed E-state index contributed by atoms with van der Waals surface area (Å²) >= 11 is 1.90. The fourth-order valence-electron chi connectivity index (χ4n) is 7.53. The first kappa shape index (κ1) is 34.6. The summed E-state index contributed by atoms with van der Waals surface area (Å²) in [7, 11) is 0. The molecule has 4 atom stereocenters. The minimum atomic E-state index is -0.420. The van der Waals surface area contributed by atoms with Crippen molar-refractivity contribution in [1.82, 2.24) is 10.6 Å². The van der Waals surface area contributed by atoms with Crippen molar-refractivity contribution in [3.05, 3.63) is 97.1 Å². The van der Waals surface area contributed by atoms with E-state index in [1.807, 2.05) is 90.6 Å². The highest BCUT2D eigenvalue weighted by atomic mass is 32.2. The Labute approximate surface area is 312 Å². The summed E-state index contributed by atoms with van der Waals surface area (Å²) < 4.78 is 5.60. The smallest absolute Gasteiger partial charge is 0.315 e. The average molecular weight is 727 g/mol. The molecule has 11 nitrogen and oxygen atoms in total. The Hall–Kier alpha value is -5.49. The number of esters is 1. The molecule has 5 aromatic carbocycles. The van der Waals surface area contributed by atoms with E-state index in [-0.39, 0.29) is 24.1 Å². The number of unbranched alkanes of at least 4 members (excludes halogenated alkanes) is 1. The fraction of sp³-hybridized carbons (Fsp3) is 0.317. The number of fused-ring (bicyclic) bond motifs is 2. The molecular formula is C41H42N8O3S. The summed E-state index contributed by atoms with van der Waals surface area (Å²) in [6.45, 7) is 2.51. The van der Waals surface area contributed by atoms with E-state index in [4.69, 9.17) is 15.0 Å². The number of benzene rings is 5. The first-order valence-corrected chi connectivity index (χ1v) is 19.3. The number of carbonyl (C=O) groups is 2. The number of rotatable bonds is 13. The predicted molar refractivity (Wildman–Crippen MR) is 212 cm³/mol. The first-order valence-electron chi connectivity index (χ1n) is 18.3. The number of urea groups is 1. The average Bonchev–Trinajstić information content (AvgIpc) is 3.73. The summed E-state index contributed by atoms with van der Waals surface area (Å²) in [5.74, 6) is 0.799. The molecule has 3 aliphatic heterocycles. The van der Waals surface area contributed by atoms with Gasteiger partial charge >= 0.3 is 12.0 Å². The van der Waals surface area contributed by atoms with Crippen LogP contribution in [0.1, 0.15) is 45.4 Å². The van der Waals surface area contributed by atoms with Crippen LogP contribution in [0.4, 0.5) is 38.9 Å². The number of anilines is 2. The highest BCUT2D eigenvalue weighted by molar-refractivity contribution is 8.00. The lowest BCUT2D eigenvalue weighted by atomic mass is 9.96. The van der Waals surface area contributed by atoms with E-state index >= 15 is 0 Å². The lowest BCUT2D eigenvalue weighted by Gasteiger charge is -2.39. The Morgan fingerprint density at radius 3 is 2.19 bits per heavy atom. The summed E-state index contributed by atoms with van der Waals surface area (Å²) in [5.41, 5.74) is 4.71. The summed E-state index contributed by atoms with van der Waals surface area (Å²) in [6, 6.07) is 32.2. The molecule has 12 heteroatoms.